The highest BCUT2D eigenvalue weighted by Crippen LogP contribution is 2.35. The number of benzene rings is 2. The summed E-state index contributed by atoms with van der Waals surface area (Å²) in [7, 11) is 3.15. The van der Waals surface area contributed by atoms with E-state index in [2.05, 4.69) is 32.3 Å². The first-order valence-corrected chi connectivity index (χ1v) is 13.2. The molecule has 12 heteroatoms. The van der Waals surface area contributed by atoms with Crippen LogP contribution in [0.15, 0.2) is 64.0 Å². The number of nitrogens with zero attached hydrogens (tertiary/aromatic N) is 5. The number of hydrogen-bond acceptors (Lipinski definition) is 10. The van der Waals surface area contributed by atoms with Crippen molar-refractivity contribution in [2.75, 3.05) is 21.0 Å². The van der Waals surface area contributed by atoms with Crippen LogP contribution >= 0.6 is 0 Å². The Kier molecular flexibility index (Phi) is 7.30. The largest absolute Gasteiger partial charge is 0.493 e. The standard InChI is InChI=1S/C29H30N6O6/c1-4-23(28-31-32-33-35(28)16-21-6-5-9-39-21)34(14-18-7-8-24-27(10-18)41-17-40-24)15-20-11-19-12-25(37-2)26(38-3)13-22(19)30-29(20)36/h5-13,23H,4,14-17H2,1-3H3,(H,30,36). The predicted molar refractivity (Wildman–Crippen MR) is 148 cm³/mol. The summed E-state index contributed by atoms with van der Waals surface area (Å²) in [5.74, 6) is 3.95. The molecule has 1 aliphatic heterocycles. The second kappa shape index (κ2) is 11.3. The average Bonchev–Trinajstić information content (AvgIpc) is 3.76. The third kappa shape index (κ3) is 5.33. The number of tetrazole rings is 1. The van der Waals surface area contributed by atoms with Gasteiger partial charge in [-0.05, 0) is 58.8 Å². The lowest BCUT2D eigenvalue weighted by molar-refractivity contribution is 0.160. The highest BCUT2D eigenvalue weighted by molar-refractivity contribution is 5.83. The number of ether oxygens (including phenoxy) is 4. The van der Waals surface area contributed by atoms with E-state index in [1.807, 2.05) is 42.5 Å². The van der Waals surface area contributed by atoms with E-state index in [-0.39, 0.29) is 18.4 Å². The molecule has 41 heavy (non-hydrogen) atoms. The molecule has 2 aromatic carbocycles. The van der Waals surface area contributed by atoms with Gasteiger partial charge in [-0.1, -0.05) is 13.0 Å². The maximum absolute atomic E-state index is 13.4. The molecule has 1 N–H and O–H groups in total. The van der Waals surface area contributed by atoms with Crippen molar-refractivity contribution in [3.05, 3.63) is 87.9 Å². The summed E-state index contributed by atoms with van der Waals surface area (Å²) in [5.41, 5.74) is 2.06. The smallest absolute Gasteiger partial charge is 0.252 e. The fourth-order valence-corrected chi connectivity index (χ4v) is 5.18. The van der Waals surface area contributed by atoms with Gasteiger partial charge in [-0.25, -0.2) is 4.68 Å². The molecule has 12 nitrogen and oxygen atoms in total. The number of aromatic nitrogens is 5. The van der Waals surface area contributed by atoms with Gasteiger partial charge in [-0.2, -0.15) is 0 Å². The molecule has 0 bridgehead atoms. The molecule has 0 spiro atoms. The Bertz CT molecular complexity index is 1710. The lowest BCUT2D eigenvalue weighted by Gasteiger charge is -2.30. The van der Waals surface area contributed by atoms with Crippen molar-refractivity contribution in [3.8, 4) is 23.0 Å². The van der Waals surface area contributed by atoms with E-state index in [9.17, 15) is 4.79 Å². The van der Waals surface area contributed by atoms with E-state index in [1.54, 1.807) is 31.2 Å². The first-order chi connectivity index (χ1) is 20.1. The lowest BCUT2D eigenvalue weighted by atomic mass is 10.1. The van der Waals surface area contributed by atoms with Crippen LogP contribution in [-0.4, -0.2) is 51.1 Å². The molecule has 3 aromatic heterocycles. The van der Waals surface area contributed by atoms with Crippen molar-refractivity contribution in [1.29, 1.82) is 0 Å². The molecule has 1 aliphatic rings. The van der Waals surface area contributed by atoms with Gasteiger partial charge in [0.1, 0.15) is 12.3 Å². The SMILES string of the molecule is CCC(c1nnnn1Cc1ccco1)N(Cc1ccc2c(c1)OCO2)Cc1cc2cc(OC)c(OC)cc2[nH]c1=O. The number of fused-ring (bicyclic) bond motifs is 2. The highest BCUT2D eigenvalue weighted by atomic mass is 16.7. The van der Waals surface area contributed by atoms with E-state index in [0.29, 0.717) is 66.0 Å². The van der Waals surface area contributed by atoms with Crippen LogP contribution in [0.1, 0.15) is 42.1 Å². The van der Waals surface area contributed by atoms with Crippen molar-refractivity contribution in [2.45, 2.75) is 39.0 Å². The van der Waals surface area contributed by atoms with Gasteiger partial charge >= 0.3 is 0 Å². The first-order valence-electron chi connectivity index (χ1n) is 13.2. The van der Waals surface area contributed by atoms with Gasteiger partial charge in [0.2, 0.25) is 6.79 Å². The molecule has 0 aliphatic carbocycles. The van der Waals surface area contributed by atoms with E-state index in [4.69, 9.17) is 23.4 Å². The summed E-state index contributed by atoms with van der Waals surface area (Å²) in [6, 6.07) is 14.9. The van der Waals surface area contributed by atoms with Crippen molar-refractivity contribution in [3.63, 3.8) is 0 Å². The fraction of sp³-hybridized carbons (Fsp3) is 0.310. The fourth-order valence-electron chi connectivity index (χ4n) is 5.18. The second-order valence-corrected chi connectivity index (χ2v) is 9.71. The van der Waals surface area contributed by atoms with E-state index >= 15 is 0 Å². The van der Waals surface area contributed by atoms with E-state index in [1.165, 1.54) is 0 Å². The van der Waals surface area contributed by atoms with Crippen molar-refractivity contribution in [2.24, 2.45) is 0 Å². The number of furan rings is 1. The van der Waals surface area contributed by atoms with E-state index < -0.39 is 0 Å². The summed E-state index contributed by atoms with van der Waals surface area (Å²) in [4.78, 5) is 18.6. The van der Waals surface area contributed by atoms with Gasteiger partial charge in [-0.15, -0.1) is 5.10 Å². The number of pyridine rings is 1. The number of hydrogen-bond donors (Lipinski definition) is 1. The Hall–Kier alpha value is -4.84. The molecule has 4 heterocycles. The third-order valence-electron chi connectivity index (χ3n) is 7.19. The van der Waals surface area contributed by atoms with Crippen molar-refractivity contribution >= 4 is 10.9 Å². The molecule has 1 unspecified atom stereocenters. The Balaban J connectivity index is 1.38. The number of rotatable bonds is 11. The predicted octanol–water partition coefficient (Wildman–Crippen LogP) is 4.06. The molecule has 5 aromatic rings. The molecular weight excluding hydrogens is 528 g/mol. The zero-order valence-corrected chi connectivity index (χ0v) is 23.0. The molecule has 0 radical (unpaired) electrons. The third-order valence-corrected chi connectivity index (χ3v) is 7.19. The minimum atomic E-state index is -0.217. The van der Waals surface area contributed by atoms with Crippen LogP contribution in [0.4, 0.5) is 0 Å². The van der Waals surface area contributed by atoms with Crippen molar-refractivity contribution in [1.82, 2.24) is 30.1 Å². The van der Waals surface area contributed by atoms with Crippen LogP contribution in [-0.2, 0) is 19.6 Å². The van der Waals surface area contributed by atoms with Gasteiger partial charge in [-0.3, -0.25) is 9.69 Å². The summed E-state index contributed by atoms with van der Waals surface area (Å²) < 4.78 is 29.3. The van der Waals surface area contributed by atoms with Crippen LogP contribution in [0.2, 0.25) is 0 Å². The van der Waals surface area contributed by atoms with Crippen LogP contribution in [0, 0.1) is 0 Å². The topological polar surface area (TPSA) is 130 Å². The quantitative estimate of drug-likeness (QED) is 0.253. The molecule has 212 valence electrons. The summed E-state index contributed by atoms with van der Waals surface area (Å²) in [6.07, 6.45) is 2.32. The van der Waals surface area contributed by atoms with Crippen molar-refractivity contribution < 1.29 is 23.4 Å². The lowest BCUT2D eigenvalue weighted by Crippen LogP contribution is -2.32. The average molecular weight is 559 g/mol. The zero-order chi connectivity index (χ0) is 28.3. The molecule has 0 fully saturated rings. The molecule has 6 rings (SSSR count). The Morgan fingerprint density at radius 1 is 1.05 bits per heavy atom. The summed E-state index contributed by atoms with van der Waals surface area (Å²) in [5, 5.41) is 13.4. The summed E-state index contributed by atoms with van der Waals surface area (Å²) in [6.45, 7) is 3.50. The van der Waals surface area contributed by atoms with Crippen LogP contribution < -0.4 is 24.5 Å². The monoisotopic (exact) mass is 558 g/mol. The van der Waals surface area contributed by atoms with Gasteiger partial charge < -0.3 is 28.3 Å². The highest BCUT2D eigenvalue weighted by Gasteiger charge is 2.27. The van der Waals surface area contributed by atoms with E-state index in [0.717, 1.165) is 16.7 Å². The second-order valence-electron chi connectivity index (χ2n) is 9.71. The normalized spacial score (nSPS) is 13.2. The number of nitrogens with one attached hydrogen (secondary N) is 1. The van der Waals surface area contributed by atoms with Crippen LogP contribution in [0.25, 0.3) is 10.9 Å². The summed E-state index contributed by atoms with van der Waals surface area (Å²) >= 11 is 0. The zero-order valence-electron chi connectivity index (χ0n) is 23.0. The Labute approximate surface area is 235 Å². The van der Waals surface area contributed by atoms with Gasteiger partial charge in [0, 0.05) is 30.1 Å². The molecule has 1 atom stereocenters. The first kappa shape index (κ1) is 26.4. The molecular formula is C29H30N6O6. The van der Waals surface area contributed by atoms with Crippen LogP contribution in [0.3, 0.4) is 0 Å². The maximum atomic E-state index is 13.4. The number of methoxy groups -OCH3 is 2. The minimum absolute atomic E-state index is 0.189. The van der Waals surface area contributed by atoms with Crippen LogP contribution in [0.5, 0.6) is 23.0 Å². The minimum Gasteiger partial charge on any atom is -0.493 e. The Morgan fingerprint density at radius 2 is 1.88 bits per heavy atom. The van der Waals surface area contributed by atoms with Gasteiger partial charge in [0.25, 0.3) is 5.56 Å². The Morgan fingerprint density at radius 3 is 2.66 bits per heavy atom. The molecule has 0 saturated carbocycles. The van der Waals surface area contributed by atoms with Gasteiger partial charge in [0.15, 0.2) is 28.8 Å². The number of H-pyrrole nitrogens is 1. The molecule has 0 saturated heterocycles. The maximum Gasteiger partial charge on any atom is 0.252 e. The number of aromatic amines is 1. The van der Waals surface area contributed by atoms with Gasteiger partial charge in [0.05, 0.1) is 32.0 Å². The molecule has 0 amide bonds.